The Morgan fingerprint density at radius 1 is 1.03 bits per heavy atom. The van der Waals surface area contributed by atoms with Gasteiger partial charge >= 0.3 is 11.9 Å². The van der Waals surface area contributed by atoms with E-state index in [0.29, 0.717) is 11.1 Å². The Bertz CT molecular complexity index is 1160. The molecule has 3 aromatic rings. The van der Waals surface area contributed by atoms with Crippen LogP contribution in [-0.2, 0) is 11.3 Å². The first-order valence-corrected chi connectivity index (χ1v) is 10.2. The summed E-state index contributed by atoms with van der Waals surface area (Å²) in [5, 5.41) is 16.6. The van der Waals surface area contributed by atoms with Crippen LogP contribution in [-0.4, -0.2) is 27.5 Å². The molecule has 0 saturated heterocycles. The Morgan fingerprint density at radius 2 is 1.70 bits per heavy atom. The van der Waals surface area contributed by atoms with Crippen molar-refractivity contribution < 1.29 is 19.2 Å². The van der Waals surface area contributed by atoms with Gasteiger partial charge in [-0.3, -0.25) is 4.79 Å². The van der Waals surface area contributed by atoms with E-state index < -0.39 is 28.3 Å². The highest BCUT2D eigenvalue weighted by Gasteiger charge is 2.20. The van der Waals surface area contributed by atoms with Crippen LogP contribution in [0.25, 0.3) is 11.1 Å². The molecule has 0 spiro atoms. The largest absolute Gasteiger partial charge is 0.444 e. The van der Waals surface area contributed by atoms with Crippen LogP contribution in [0.1, 0.15) is 36.7 Å². The molecule has 0 aliphatic heterocycles. The van der Waals surface area contributed by atoms with Crippen molar-refractivity contribution in [1.82, 2.24) is 10.3 Å². The van der Waals surface area contributed by atoms with Gasteiger partial charge in [0.05, 0.1) is 0 Å². The number of pyridine rings is 1. The first kappa shape index (κ1) is 23.4. The molecule has 3 rings (SSSR count). The molecule has 2 N–H and O–H groups in total. The first-order chi connectivity index (χ1) is 15.6. The van der Waals surface area contributed by atoms with E-state index in [4.69, 9.17) is 4.74 Å². The van der Waals surface area contributed by atoms with E-state index in [-0.39, 0.29) is 12.2 Å². The van der Waals surface area contributed by atoms with Crippen molar-refractivity contribution in [2.75, 3.05) is 5.32 Å². The minimum Gasteiger partial charge on any atom is -0.444 e. The first-order valence-electron chi connectivity index (χ1n) is 10.2. The van der Waals surface area contributed by atoms with Crippen molar-refractivity contribution in [2.24, 2.45) is 0 Å². The van der Waals surface area contributed by atoms with E-state index in [1.165, 1.54) is 12.3 Å². The highest BCUT2D eigenvalue weighted by Crippen LogP contribution is 2.28. The number of aromatic nitrogens is 1. The number of amides is 2. The summed E-state index contributed by atoms with van der Waals surface area (Å²) >= 11 is 0. The number of hydrogen-bond acceptors (Lipinski definition) is 6. The quantitative estimate of drug-likeness (QED) is 0.407. The normalized spacial score (nSPS) is 10.9. The van der Waals surface area contributed by atoms with Gasteiger partial charge in [-0.15, -0.1) is 0 Å². The number of hydrogen-bond donors (Lipinski definition) is 2. The van der Waals surface area contributed by atoms with Crippen LogP contribution in [0.5, 0.6) is 0 Å². The summed E-state index contributed by atoms with van der Waals surface area (Å²) in [4.78, 5) is 39.2. The molecule has 0 bridgehead atoms. The third kappa shape index (κ3) is 6.60. The Kier molecular flexibility index (Phi) is 7.02. The Morgan fingerprint density at radius 3 is 2.30 bits per heavy atom. The number of benzene rings is 2. The third-order valence-corrected chi connectivity index (χ3v) is 4.45. The lowest BCUT2D eigenvalue weighted by Gasteiger charge is -2.19. The number of rotatable bonds is 6. The summed E-state index contributed by atoms with van der Waals surface area (Å²) < 4.78 is 5.18. The Balaban J connectivity index is 1.72. The van der Waals surface area contributed by atoms with Crippen LogP contribution in [0.2, 0.25) is 0 Å². The van der Waals surface area contributed by atoms with E-state index >= 15 is 0 Å². The summed E-state index contributed by atoms with van der Waals surface area (Å²) in [5.74, 6) is -0.960. The number of nitrogens with one attached hydrogen (secondary N) is 2. The maximum atomic E-state index is 12.7. The highest BCUT2D eigenvalue weighted by atomic mass is 16.6. The second-order valence-corrected chi connectivity index (χ2v) is 8.22. The maximum absolute atomic E-state index is 12.7. The number of ether oxygens (including phenoxy) is 1. The van der Waals surface area contributed by atoms with Crippen molar-refractivity contribution in [3.63, 3.8) is 0 Å². The number of alkyl carbamates (subject to hydrolysis) is 1. The number of carbonyl (C=O) groups is 2. The minimum absolute atomic E-state index is 0.00187. The zero-order valence-corrected chi connectivity index (χ0v) is 18.5. The highest BCUT2D eigenvalue weighted by molar-refractivity contribution is 6.05. The van der Waals surface area contributed by atoms with Crippen LogP contribution < -0.4 is 10.6 Å². The predicted molar refractivity (Wildman–Crippen MR) is 124 cm³/mol. The molecule has 33 heavy (non-hydrogen) atoms. The molecular weight excluding hydrogens is 424 g/mol. The molecule has 170 valence electrons. The van der Waals surface area contributed by atoms with Gasteiger partial charge in [-0.05, 0) is 60.0 Å². The summed E-state index contributed by atoms with van der Waals surface area (Å²) in [6, 6.07) is 17.3. The van der Waals surface area contributed by atoms with E-state index in [9.17, 15) is 19.7 Å². The monoisotopic (exact) mass is 448 g/mol. The molecule has 0 unspecified atom stereocenters. The lowest BCUT2D eigenvalue weighted by atomic mass is 10.1. The van der Waals surface area contributed by atoms with E-state index in [1.54, 1.807) is 45.0 Å². The van der Waals surface area contributed by atoms with Crippen LogP contribution in [0.3, 0.4) is 0 Å². The molecule has 2 amide bonds. The number of nitrogens with zero attached hydrogens (tertiary/aromatic N) is 2. The molecule has 9 heteroatoms. The van der Waals surface area contributed by atoms with Crippen molar-refractivity contribution in [2.45, 2.75) is 32.9 Å². The SMILES string of the molecule is CC(C)(C)OC(=O)NCc1ccc(C(=O)Nc2cc(-c3ccccc3)cnc2[N+](=O)[O-])cc1. The van der Waals surface area contributed by atoms with Crippen molar-refractivity contribution in [1.29, 1.82) is 0 Å². The third-order valence-electron chi connectivity index (χ3n) is 4.45. The smallest absolute Gasteiger partial charge is 0.407 e. The van der Waals surface area contributed by atoms with Gasteiger partial charge in [0.2, 0.25) is 0 Å². The molecule has 0 fully saturated rings. The van der Waals surface area contributed by atoms with E-state index in [2.05, 4.69) is 15.6 Å². The number of nitro groups is 1. The average Bonchev–Trinajstić information content (AvgIpc) is 2.77. The molecule has 0 atom stereocenters. The van der Waals surface area contributed by atoms with Crippen molar-refractivity contribution in [3.05, 3.63) is 88.1 Å². The zero-order valence-electron chi connectivity index (χ0n) is 18.5. The van der Waals surface area contributed by atoms with Gasteiger partial charge in [0.25, 0.3) is 5.91 Å². The molecule has 0 radical (unpaired) electrons. The van der Waals surface area contributed by atoms with Gasteiger partial charge in [-0.2, -0.15) is 0 Å². The maximum Gasteiger partial charge on any atom is 0.407 e. The van der Waals surface area contributed by atoms with Crippen molar-refractivity contribution in [3.8, 4) is 11.1 Å². The Labute approximate surface area is 191 Å². The molecule has 9 nitrogen and oxygen atoms in total. The van der Waals surface area contributed by atoms with Gasteiger partial charge in [-0.25, -0.2) is 4.79 Å². The number of anilines is 1. The summed E-state index contributed by atoms with van der Waals surface area (Å²) in [7, 11) is 0. The average molecular weight is 448 g/mol. The van der Waals surface area contributed by atoms with Gasteiger partial charge in [0.1, 0.15) is 17.5 Å². The fraction of sp³-hybridized carbons (Fsp3) is 0.208. The van der Waals surface area contributed by atoms with Crippen molar-refractivity contribution >= 4 is 23.5 Å². The standard InChI is InChI=1S/C24H24N4O5/c1-24(2,3)33-23(30)26-14-16-9-11-18(12-10-16)22(29)27-20-13-19(15-25-21(20)28(31)32)17-7-5-4-6-8-17/h4-13,15H,14H2,1-3H3,(H,26,30)(H,27,29). The fourth-order valence-electron chi connectivity index (χ4n) is 2.94. The van der Waals surface area contributed by atoms with Crippen LogP contribution in [0.15, 0.2) is 66.9 Å². The van der Waals surface area contributed by atoms with E-state index in [0.717, 1.165) is 11.1 Å². The van der Waals surface area contributed by atoms with Gasteiger partial charge in [0.15, 0.2) is 0 Å². The molecule has 1 heterocycles. The lowest BCUT2D eigenvalue weighted by Crippen LogP contribution is -2.32. The van der Waals surface area contributed by atoms with Crippen LogP contribution in [0, 0.1) is 10.1 Å². The van der Waals surface area contributed by atoms with Crippen LogP contribution in [0.4, 0.5) is 16.3 Å². The lowest BCUT2D eigenvalue weighted by molar-refractivity contribution is -0.388. The Hall–Kier alpha value is -4.27. The predicted octanol–water partition coefficient (Wildman–Crippen LogP) is 4.93. The summed E-state index contributed by atoms with van der Waals surface area (Å²) in [5.41, 5.74) is 1.92. The zero-order chi connectivity index (χ0) is 24.0. The van der Waals surface area contributed by atoms with Gasteiger partial charge < -0.3 is 25.5 Å². The molecule has 0 saturated carbocycles. The summed E-state index contributed by atoms with van der Waals surface area (Å²) in [6.07, 6.45) is 0.859. The molecular formula is C24H24N4O5. The second kappa shape index (κ2) is 9.90. The van der Waals surface area contributed by atoms with E-state index in [1.807, 2.05) is 30.3 Å². The van der Waals surface area contributed by atoms with Gasteiger partial charge in [-0.1, -0.05) is 42.5 Å². The fourth-order valence-corrected chi connectivity index (χ4v) is 2.94. The molecule has 0 aliphatic rings. The summed E-state index contributed by atoms with van der Waals surface area (Å²) in [6.45, 7) is 5.55. The van der Waals surface area contributed by atoms with Gasteiger partial charge in [0, 0.05) is 17.7 Å². The molecule has 1 aromatic heterocycles. The second-order valence-electron chi connectivity index (χ2n) is 8.22. The topological polar surface area (TPSA) is 123 Å². The minimum atomic E-state index is -0.643. The molecule has 0 aliphatic carbocycles. The number of carbonyl (C=O) groups excluding carboxylic acids is 2. The van der Waals surface area contributed by atoms with Crippen LogP contribution >= 0.6 is 0 Å². The molecule has 2 aromatic carbocycles.